The molecule has 1 heterocycles. The minimum atomic E-state index is -0.599. The summed E-state index contributed by atoms with van der Waals surface area (Å²) in [5.74, 6) is 0. The number of fused-ring (bicyclic) bond motifs is 6. The van der Waals surface area contributed by atoms with E-state index in [-0.39, 0.29) is 10.8 Å². The van der Waals surface area contributed by atoms with Crippen molar-refractivity contribution >= 4 is 36.1 Å². The molecule has 0 bridgehead atoms. The molecule has 2 radical (unpaired) electrons. The van der Waals surface area contributed by atoms with E-state index in [1.54, 1.807) is 0 Å². The highest BCUT2D eigenvalue weighted by Gasteiger charge is 2.48. The number of aryl methyl sites for hydroxylation is 1. The van der Waals surface area contributed by atoms with Crippen LogP contribution >= 0.6 is 0 Å². The lowest BCUT2D eigenvalue weighted by Gasteiger charge is -2.48. The first-order chi connectivity index (χ1) is 30.0. The van der Waals surface area contributed by atoms with Crippen molar-refractivity contribution in [2.24, 2.45) is 0 Å². The number of hydrogen-bond acceptors (Lipinski definition) is 2. The lowest BCUT2D eigenvalue weighted by Crippen LogP contribution is -2.40. The average molecular weight is 801 g/mol. The number of hydrogen-bond donors (Lipinski definition) is 1. The van der Waals surface area contributed by atoms with Crippen LogP contribution in [0.2, 0.25) is 0 Å². The van der Waals surface area contributed by atoms with Crippen molar-refractivity contribution in [1.29, 1.82) is 0 Å². The zero-order valence-electron chi connectivity index (χ0n) is 36.6. The van der Waals surface area contributed by atoms with Crippen LogP contribution < -0.4 is 16.1 Å². The Morgan fingerprint density at radius 3 is 2.13 bits per heavy atom. The van der Waals surface area contributed by atoms with E-state index in [1.807, 2.05) is 0 Å². The second kappa shape index (κ2) is 14.1. The van der Waals surface area contributed by atoms with E-state index in [9.17, 15) is 0 Å². The molecule has 3 aliphatic carbocycles. The number of rotatable bonds is 5. The molecule has 7 aromatic carbocycles. The predicted molar refractivity (Wildman–Crippen MR) is 263 cm³/mol. The van der Waals surface area contributed by atoms with Crippen molar-refractivity contribution in [2.45, 2.75) is 83.0 Å². The smallest absolute Gasteiger partial charge is 0.116 e. The van der Waals surface area contributed by atoms with Crippen molar-refractivity contribution in [3.63, 3.8) is 0 Å². The van der Waals surface area contributed by atoms with Crippen LogP contribution in [0.25, 0.3) is 33.4 Å². The highest BCUT2D eigenvalue weighted by molar-refractivity contribution is 6.37. The molecule has 62 heavy (non-hydrogen) atoms. The molecule has 2 nitrogen and oxygen atoms in total. The maximum Gasteiger partial charge on any atom is 0.116 e. The molecule has 4 aliphatic rings. The number of benzene rings is 7. The third-order valence-electron chi connectivity index (χ3n) is 14.8. The van der Waals surface area contributed by atoms with Gasteiger partial charge in [0.05, 0.1) is 16.8 Å². The van der Waals surface area contributed by atoms with Crippen molar-refractivity contribution < 1.29 is 0 Å². The van der Waals surface area contributed by atoms with Crippen LogP contribution in [-0.4, -0.2) is 7.85 Å². The maximum absolute atomic E-state index is 7.44. The first-order valence-electron chi connectivity index (χ1n) is 22.5. The van der Waals surface area contributed by atoms with Crippen LogP contribution in [0, 0.1) is 6.92 Å². The van der Waals surface area contributed by atoms with Gasteiger partial charge in [-0.25, -0.2) is 0 Å². The molecule has 11 rings (SSSR count). The second-order valence-electron chi connectivity index (χ2n) is 19.5. The molecule has 3 heteroatoms. The number of anilines is 4. The SMILES string of the molecule is [B]c1cccc2c1N(c1cc(C)cc(-c3c(N)ccc4c3-c3ccccc3C4)c1-c1ccc3c(c1)C(C)(C)CCC3(C)C)c1ccccc1C2(C1=CCCC=C1)c1ccccc1. The van der Waals surface area contributed by atoms with Gasteiger partial charge < -0.3 is 10.6 Å². The van der Waals surface area contributed by atoms with Gasteiger partial charge in [-0.05, 0) is 140 Å². The van der Waals surface area contributed by atoms with Gasteiger partial charge in [0.2, 0.25) is 0 Å². The van der Waals surface area contributed by atoms with E-state index in [1.165, 1.54) is 61.2 Å². The quantitative estimate of drug-likeness (QED) is 0.139. The third-order valence-corrected chi connectivity index (χ3v) is 14.8. The van der Waals surface area contributed by atoms with Gasteiger partial charge in [0.1, 0.15) is 7.85 Å². The summed E-state index contributed by atoms with van der Waals surface area (Å²) in [5.41, 5.74) is 30.3. The number of para-hydroxylation sites is 2. The highest BCUT2D eigenvalue weighted by Crippen LogP contribution is 2.61. The number of allylic oxidation sites excluding steroid dienone is 4. The summed E-state index contributed by atoms with van der Waals surface area (Å²) in [6.45, 7) is 11.9. The molecule has 1 atom stereocenters. The summed E-state index contributed by atoms with van der Waals surface area (Å²) >= 11 is 0. The minimum absolute atomic E-state index is 0.0170. The fourth-order valence-electron chi connectivity index (χ4n) is 11.7. The van der Waals surface area contributed by atoms with Gasteiger partial charge in [0, 0.05) is 22.5 Å². The zero-order valence-corrected chi connectivity index (χ0v) is 36.6. The van der Waals surface area contributed by atoms with Gasteiger partial charge in [0.15, 0.2) is 0 Å². The van der Waals surface area contributed by atoms with Crippen LogP contribution in [0.3, 0.4) is 0 Å². The monoisotopic (exact) mass is 800 g/mol. The lowest BCUT2D eigenvalue weighted by molar-refractivity contribution is 0.332. The molecule has 302 valence electrons. The lowest BCUT2D eigenvalue weighted by atomic mass is 9.60. The Hall–Kier alpha value is -6.32. The van der Waals surface area contributed by atoms with E-state index in [0.29, 0.717) is 0 Å². The molecule has 1 unspecified atom stereocenters. The van der Waals surface area contributed by atoms with Crippen molar-refractivity contribution in [3.8, 4) is 33.4 Å². The third kappa shape index (κ3) is 5.63. The summed E-state index contributed by atoms with van der Waals surface area (Å²) in [7, 11) is 7.44. The standard InChI is InChI=1S/C59H53BN2/c1-37-33-44(55-50(61)30-28-39-35-38-17-12-13-22-43(38)54(39)55)53(40-27-29-45-48(36-40)58(4,5)32-31-57(45,2)3)52(34-37)62-51-26-15-14-23-46(51)59(41-18-8-6-9-19-41,42-20-10-7-11-21-42)47-24-16-25-49(60)56(47)62/h6,8-10,12-30,33-34,36H,7,11,31-32,35,61H2,1-5H3. The average Bonchev–Trinajstić information content (AvgIpc) is 3.66. The minimum Gasteiger partial charge on any atom is -0.398 e. The van der Waals surface area contributed by atoms with Gasteiger partial charge in [-0.15, -0.1) is 0 Å². The molecule has 0 fully saturated rings. The largest absolute Gasteiger partial charge is 0.398 e. The zero-order chi connectivity index (χ0) is 42.5. The topological polar surface area (TPSA) is 29.3 Å². The fourth-order valence-corrected chi connectivity index (χ4v) is 11.7. The first-order valence-corrected chi connectivity index (χ1v) is 22.5. The van der Waals surface area contributed by atoms with Gasteiger partial charge in [0.25, 0.3) is 0 Å². The summed E-state index contributed by atoms with van der Waals surface area (Å²) < 4.78 is 0. The molecular weight excluding hydrogens is 747 g/mol. The van der Waals surface area contributed by atoms with Gasteiger partial charge in [-0.1, -0.05) is 173 Å². The van der Waals surface area contributed by atoms with Gasteiger partial charge in [-0.2, -0.15) is 0 Å². The molecule has 7 aromatic rings. The molecule has 0 saturated carbocycles. The molecule has 0 saturated heterocycles. The van der Waals surface area contributed by atoms with Crippen LogP contribution in [0.5, 0.6) is 0 Å². The molecule has 0 amide bonds. The van der Waals surface area contributed by atoms with E-state index in [4.69, 9.17) is 13.6 Å². The van der Waals surface area contributed by atoms with Crippen LogP contribution in [0.15, 0.2) is 163 Å². The molecule has 0 aromatic heterocycles. The molecule has 1 aliphatic heterocycles. The summed E-state index contributed by atoms with van der Waals surface area (Å²) in [4.78, 5) is 2.50. The Kier molecular flexibility index (Phi) is 8.78. The van der Waals surface area contributed by atoms with E-state index < -0.39 is 5.41 Å². The molecule has 0 spiro atoms. The van der Waals surface area contributed by atoms with Crippen LogP contribution in [-0.2, 0) is 22.7 Å². The van der Waals surface area contributed by atoms with Crippen molar-refractivity contribution in [1.82, 2.24) is 0 Å². The number of nitrogen functional groups attached to an aromatic ring is 1. The van der Waals surface area contributed by atoms with E-state index in [0.717, 1.165) is 82.6 Å². The number of nitrogens with zero attached hydrogens (tertiary/aromatic N) is 1. The summed E-state index contributed by atoms with van der Waals surface area (Å²) in [6.07, 6.45) is 12.4. The van der Waals surface area contributed by atoms with Gasteiger partial charge >= 0.3 is 0 Å². The van der Waals surface area contributed by atoms with Crippen LogP contribution in [0.1, 0.15) is 97.9 Å². The Morgan fingerprint density at radius 1 is 0.581 bits per heavy atom. The van der Waals surface area contributed by atoms with E-state index in [2.05, 4.69) is 197 Å². The number of nitrogens with two attached hydrogens (primary N) is 1. The Balaban J connectivity index is 1.28. The van der Waals surface area contributed by atoms with Crippen molar-refractivity contribution in [3.05, 3.63) is 208 Å². The van der Waals surface area contributed by atoms with Gasteiger partial charge in [-0.3, -0.25) is 0 Å². The second-order valence-corrected chi connectivity index (χ2v) is 19.5. The van der Waals surface area contributed by atoms with E-state index >= 15 is 0 Å². The molecule has 2 N–H and O–H groups in total. The van der Waals surface area contributed by atoms with Crippen molar-refractivity contribution in [2.75, 3.05) is 10.6 Å². The predicted octanol–water partition coefficient (Wildman–Crippen LogP) is 14.0. The fraction of sp³-hybridized carbons (Fsp3) is 0.220. The first kappa shape index (κ1) is 38.6. The maximum atomic E-state index is 7.44. The molecular formula is C59H53BN2. The normalized spacial score (nSPS) is 18.9. The van der Waals surface area contributed by atoms with Crippen LogP contribution in [0.4, 0.5) is 22.7 Å². The summed E-state index contributed by atoms with van der Waals surface area (Å²) in [5, 5.41) is 0. The Morgan fingerprint density at radius 2 is 1.32 bits per heavy atom. The highest BCUT2D eigenvalue weighted by atomic mass is 15.2. The summed E-state index contributed by atoms with van der Waals surface area (Å²) in [6, 6.07) is 52.0. The Bertz CT molecular complexity index is 3040. The Labute approximate surface area is 369 Å².